The van der Waals surface area contributed by atoms with E-state index in [9.17, 15) is 0 Å². The molecule has 0 unspecified atom stereocenters. The highest BCUT2D eigenvalue weighted by Gasteiger charge is 1.90. The molecule has 0 saturated heterocycles. The van der Waals surface area contributed by atoms with Crippen molar-refractivity contribution in [2.24, 2.45) is 11.6 Å². The third-order valence-corrected chi connectivity index (χ3v) is 0.901. The summed E-state index contributed by atoms with van der Waals surface area (Å²) in [5, 5.41) is 0. The molecule has 0 radical (unpaired) electrons. The fraction of sp³-hybridized carbons (Fsp3) is 0.750. The topological polar surface area (TPSA) is 26.0 Å². The molecule has 0 atom stereocenters. The van der Waals surface area contributed by atoms with Gasteiger partial charge in [-0.25, -0.2) is 0 Å². The van der Waals surface area contributed by atoms with Gasteiger partial charge in [-0.2, -0.15) is 0 Å². The van der Waals surface area contributed by atoms with Gasteiger partial charge in [0.15, 0.2) is 0 Å². The van der Waals surface area contributed by atoms with Gasteiger partial charge in [0.1, 0.15) is 0 Å². The van der Waals surface area contributed by atoms with Crippen LogP contribution in [0, 0.1) is 5.89 Å². The van der Waals surface area contributed by atoms with Crippen molar-refractivity contribution in [1.29, 1.82) is 0 Å². The Morgan fingerprint density at radius 3 is 2.17 bits per heavy atom. The van der Waals surface area contributed by atoms with Crippen molar-refractivity contribution in [2.75, 3.05) is 0 Å². The smallest absolute Gasteiger partial charge is 0.0753 e. The zero-order valence-corrected chi connectivity index (χ0v) is 4.80. The molecule has 6 heavy (non-hydrogen) atoms. The van der Waals surface area contributed by atoms with Crippen LogP contribution in [0.3, 0.4) is 0 Å². The van der Waals surface area contributed by atoms with Crippen molar-refractivity contribution < 1.29 is 1.37 Å². The summed E-state index contributed by atoms with van der Waals surface area (Å²) in [7, 11) is 0. The first-order chi connectivity index (χ1) is 2.94. The first-order valence-electron chi connectivity index (χ1n) is 2.24. The molecular weight excluding hydrogens is 94.1 g/mol. The van der Waals surface area contributed by atoms with Crippen LogP contribution in [-0.4, -0.2) is 4.99 Å². The van der Waals surface area contributed by atoms with E-state index in [0.29, 0.717) is 0 Å². The van der Waals surface area contributed by atoms with Crippen LogP contribution in [0.4, 0.5) is 0 Å². The molecule has 0 bridgehead atoms. The minimum Gasteiger partial charge on any atom is -0.393 e. The van der Waals surface area contributed by atoms with Crippen molar-refractivity contribution in [2.45, 2.75) is 13.8 Å². The first kappa shape index (κ1) is 4.06. The summed E-state index contributed by atoms with van der Waals surface area (Å²) >= 11 is 4.52. The number of rotatable bonds is 1. The minimum atomic E-state index is -0.741. The van der Waals surface area contributed by atoms with Crippen molar-refractivity contribution in [1.82, 2.24) is 0 Å². The Morgan fingerprint density at radius 1 is 2.00 bits per heavy atom. The molecule has 1 nitrogen and oxygen atoms in total. The Morgan fingerprint density at radius 2 is 2.17 bits per heavy atom. The molecular formula is C4H9NS. The normalized spacial score (nSPS) is 13.3. The number of hydrogen-bond acceptors (Lipinski definition) is 1. The Kier molecular flexibility index (Phi) is 1.44. The third kappa shape index (κ3) is 2.15. The summed E-state index contributed by atoms with van der Waals surface area (Å²) in [6.45, 7) is 3.32. The molecule has 0 saturated carbocycles. The fourth-order valence-electron chi connectivity index (χ4n) is 0. The second-order valence-corrected chi connectivity index (χ2v) is 1.80. The largest absolute Gasteiger partial charge is 0.393 e. The molecule has 0 spiro atoms. The van der Waals surface area contributed by atoms with E-state index < -0.39 is 5.89 Å². The SMILES string of the molecule is [2H]C(C)(C)C(N)=S. The van der Waals surface area contributed by atoms with Gasteiger partial charge >= 0.3 is 0 Å². The van der Waals surface area contributed by atoms with E-state index in [-0.39, 0.29) is 4.99 Å². The van der Waals surface area contributed by atoms with Crippen molar-refractivity contribution in [3.8, 4) is 0 Å². The van der Waals surface area contributed by atoms with Crippen LogP contribution in [0.5, 0.6) is 0 Å². The Bertz CT molecular complexity index is 84.2. The molecule has 0 aromatic rings. The molecule has 0 heterocycles. The average Bonchev–Trinajstić information content (AvgIpc) is 1.31. The molecule has 0 amide bonds. The lowest BCUT2D eigenvalue weighted by molar-refractivity contribution is 0.891. The molecule has 0 aromatic carbocycles. The van der Waals surface area contributed by atoms with Crippen LogP contribution >= 0.6 is 12.2 Å². The van der Waals surface area contributed by atoms with Gasteiger partial charge in [-0.05, 0) is 0 Å². The second-order valence-electron chi connectivity index (χ2n) is 1.36. The predicted octanol–water partition coefficient (Wildman–Crippen LogP) is 0.929. The van der Waals surface area contributed by atoms with Gasteiger partial charge in [0.2, 0.25) is 0 Å². The standard InChI is InChI=1S/C4H9NS/c1-3(2)4(5)6/h3H,1-2H3,(H2,5,6)/i3D. The first-order valence-corrected chi connectivity index (χ1v) is 2.15. The van der Waals surface area contributed by atoms with E-state index >= 15 is 0 Å². The van der Waals surface area contributed by atoms with Gasteiger partial charge in [0, 0.05) is 7.26 Å². The van der Waals surface area contributed by atoms with E-state index in [1.165, 1.54) is 0 Å². The maximum atomic E-state index is 7.12. The Balaban J connectivity index is 3.79. The lowest BCUT2D eigenvalue weighted by Gasteiger charge is -1.95. The number of hydrogen-bond donors (Lipinski definition) is 1. The lowest BCUT2D eigenvalue weighted by Crippen LogP contribution is -2.14. The molecule has 0 aliphatic rings. The number of nitrogens with two attached hydrogens (primary N) is 1. The molecule has 0 aliphatic heterocycles. The Hall–Kier alpha value is -0.110. The van der Waals surface area contributed by atoms with Gasteiger partial charge in [-0.15, -0.1) is 0 Å². The molecule has 0 aromatic heterocycles. The van der Waals surface area contributed by atoms with E-state index in [4.69, 9.17) is 7.10 Å². The summed E-state index contributed by atoms with van der Waals surface area (Å²) in [5.41, 5.74) is 5.11. The van der Waals surface area contributed by atoms with Crippen LogP contribution in [0.25, 0.3) is 0 Å². The van der Waals surface area contributed by atoms with Crippen LogP contribution in [0.2, 0.25) is 0 Å². The van der Waals surface area contributed by atoms with Crippen molar-refractivity contribution in [3.63, 3.8) is 0 Å². The van der Waals surface area contributed by atoms with Gasteiger partial charge in [0.25, 0.3) is 0 Å². The highest BCUT2D eigenvalue weighted by atomic mass is 32.1. The highest BCUT2D eigenvalue weighted by molar-refractivity contribution is 7.80. The van der Waals surface area contributed by atoms with Crippen molar-refractivity contribution >= 4 is 17.2 Å². The monoisotopic (exact) mass is 104 g/mol. The maximum Gasteiger partial charge on any atom is 0.0753 e. The molecule has 0 fully saturated rings. The van der Waals surface area contributed by atoms with Crippen molar-refractivity contribution in [3.05, 3.63) is 0 Å². The van der Waals surface area contributed by atoms with Crippen LogP contribution in [0.1, 0.15) is 15.2 Å². The zero-order chi connectivity index (χ0) is 6.08. The van der Waals surface area contributed by atoms with Gasteiger partial charge in [-0.3, -0.25) is 0 Å². The summed E-state index contributed by atoms with van der Waals surface area (Å²) < 4.78 is 7.12. The molecule has 0 rings (SSSR count). The lowest BCUT2D eigenvalue weighted by atomic mass is 10.2. The third-order valence-electron chi connectivity index (χ3n) is 0.493. The van der Waals surface area contributed by atoms with E-state index in [1.807, 2.05) is 0 Å². The van der Waals surface area contributed by atoms with Crippen LogP contribution in [-0.2, 0) is 0 Å². The second kappa shape index (κ2) is 2.13. The minimum absolute atomic E-state index is 0.243. The summed E-state index contributed by atoms with van der Waals surface area (Å²) in [6.07, 6.45) is 0. The van der Waals surface area contributed by atoms with Crippen LogP contribution < -0.4 is 5.73 Å². The molecule has 0 aliphatic carbocycles. The van der Waals surface area contributed by atoms with Gasteiger partial charge in [0.05, 0.1) is 4.99 Å². The molecule has 36 valence electrons. The average molecular weight is 104 g/mol. The Labute approximate surface area is 44.9 Å². The zero-order valence-electron chi connectivity index (χ0n) is 4.99. The quantitative estimate of drug-likeness (QED) is 0.501. The maximum absolute atomic E-state index is 7.12. The summed E-state index contributed by atoms with van der Waals surface area (Å²) in [5.74, 6) is -0.741. The molecule has 2 heteroatoms. The molecule has 2 N–H and O–H groups in total. The fourth-order valence-corrected chi connectivity index (χ4v) is 0. The highest BCUT2D eigenvalue weighted by Crippen LogP contribution is 1.88. The van der Waals surface area contributed by atoms with E-state index in [2.05, 4.69) is 12.2 Å². The summed E-state index contributed by atoms with van der Waals surface area (Å²) in [6, 6.07) is 0. The van der Waals surface area contributed by atoms with E-state index in [1.54, 1.807) is 13.8 Å². The number of thiocarbonyl (C=S) groups is 1. The predicted molar refractivity (Wildman–Crippen MR) is 31.6 cm³/mol. The summed E-state index contributed by atoms with van der Waals surface area (Å²) in [4.78, 5) is 0.243. The van der Waals surface area contributed by atoms with Gasteiger partial charge < -0.3 is 5.73 Å². The van der Waals surface area contributed by atoms with Gasteiger partial charge in [-0.1, -0.05) is 26.1 Å². The van der Waals surface area contributed by atoms with Crippen LogP contribution in [0.15, 0.2) is 0 Å². The van der Waals surface area contributed by atoms with E-state index in [0.717, 1.165) is 0 Å².